The molecule has 1 fully saturated rings. The number of benzene rings is 2. The molecule has 214 valence electrons. The highest BCUT2D eigenvalue weighted by atomic mass is 32.2. The van der Waals surface area contributed by atoms with Gasteiger partial charge in [-0.05, 0) is 83.2 Å². The van der Waals surface area contributed by atoms with E-state index in [4.69, 9.17) is 4.74 Å². The molecule has 8 nitrogen and oxygen atoms in total. The highest BCUT2D eigenvalue weighted by Crippen LogP contribution is 2.36. The van der Waals surface area contributed by atoms with Crippen molar-refractivity contribution in [2.24, 2.45) is 5.92 Å². The molecule has 2 N–H and O–H groups in total. The fourth-order valence-corrected chi connectivity index (χ4v) is 5.92. The van der Waals surface area contributed by atoms with Gasteiger partial charge in [0.25, 0.3) is 5.91 Å². The molecule has 12 heteroatoms. The van der Waals surface area contributed by atoms with Gasteiger partial charge < -0.3 is 15.0 Å². The van der Waals surface area contributed by atoms with Crippen LogP contribution in [0.5, 0.6) is 0 Å². The number of piperidine rings is 1. The van der Waals surface area contributed by atoms with Crippen LogP contribution >= 0.6 is 0 Å². The number of carbonyl (C=O) groups is 2. The number of alkyl halides is 3. The van der Waals surface area contributed by atoms with Crippen molar-refractivity contribution >= 4 is 27.7 Å². The predicted octanol–water partition coefficient (Wildman–Crippen LogP) is 5.58. The number of rotatable bonds is 6. The van der Waals surface area contributed by atoms with Gasteiger partial charge in [-0.1, -0.05) is 18.2 Å². The second-order valence-corrected chi connectivity index (χ2v) is 12.4. The standard InChI is InChI=1S/C27H34F3N3O5S/c1-17-8-6-7-9-21(17)24(34)31-20-10-11-23(22(16-20)27(28,29)30)39(36,37)32-18(2)19-12-14-33(15-13-19)25(35)38-26(3,4)5/h6-11,16,18-19,32H,12-15H2,1-5H3,(H,31,34)/t18-/m1/s1. The number of amides is 2. The van der Waals surface area contributed by atoms with Gasteiger partial charge in [0.15, 0.2) is 0 Å². The summed E-state index contributed by atoms with van der Waals surface area (Å²) >= 11 is 0. The van der Waals surface area contributed by atoms with Gasteiger partial charge >= 0.3 is 12.3 Å². The molecule has 2 aromatic carbocycles. The first-order valence-corrected chi connectivity index (χ1v) is 14.0. The molecule has 0 saturated carbocycles. The van der Waals surface area contributed by atoms with Gasteiger partial charge in [0.2, 0.25) is 10.0 Å². The molecule has 39 heavy (non-hydrogen) atoms. The largest absolute Gasteiger partial charge is 0.444 e. The number of hydrogen-bond acceptors (Lipinski definition) is 5. The van der Waals surface area contributed by atoms with E-state index in [1.54, 1.807) is 52.8 Å². The van der Waals surface area contributed by atoms with Crippen LogP contribution in [-0.2, 0) is 20.9 Å². The van der Waals surface area contributed by atoms with Crippen LogP contribution in [-0.4, -0.2) is 50.1 Å². The lowest BCUT2D eigenvalue weighted by molar-refractivity contribution is -0.139. The smallest absolute Gasteiger partial charge is 0.417 e. The van der Waals surface area contributed by atoms with Crippen LogP contribution in [0.2, 0.25) is 0 Å². The fourth-order valence-electron chi connectivity index (χ4n) is 4.40. The Labute approximate surface area is 227 Å². The summed E-state index contributed by atoms with van der Waals surface area (Å²) in [6.07, 6.45) is -4.54. The molecule has 0 radical (unpaired) electrons. The normalized spacial score (nSPS) is 16.1. The molecule has 0 aliphatic carbocycles. The van der Waals surface area contributed by atoms with Gasteiger partial charge in [0.1, 0.15) is 5.60 Å². The first-order chi connectivity index (χ1) is 18.0. The maximum Gasteiger partial charge on any atom is 0.417 e. The van der Waals surface area contributed by atoms with Crippen molar-refractivity contribution in [2.45, 2.75) is 70.2 Å². The van der Waals surface area contributed by atoms with Gasteiger partial charge in [-0.25, -0.2) is 17.9 Å². The van der Waals surface area contributed by atoms with E-state index >= 15 is 0 Å². The van der Waals surface area contributed by atoms with Crippen molar-refractivity contribution in [3.05, 3.63) is 59.2 Å². The second kappa shape index (κ2) is 11.5. The Hall–Kier alpha value is -3.12. The Balaban J connectivity index is 1.74. The molecule has 1 heterocycles. The summed E-state index contributed by atoms with van der Waals surface area (Å²) in [4.78, 5) is 25.5. The lowest BCUT2D eigenvalue weighted by atomic mass is 9.91. The summed E-state index contributed by atoms with van der Waals surface area (Å²) in [5.41, 5.74) is -1.29. The quantitative estimate of drug-likeness (QED) is 0.473. The van der Waals surface area contributed by atoms with E-state index in [-0.39, 0.29) is 17.2 Å². The van der Waals surface area contributed by atoms with Gasteiger partial charge in [0.05, 0.1) is 10.5 Å². The molecule has 0 aromatic heterocycles. The summed E-state index contributed by atoms with van der Waals surface area (Å²) < 4.78 is 75.8. The summed E-state index contributed by atoms with van der Waals surface area (Å²) in [7, 11) is -4.57. The van der Waals surface area contributed by atoms with Gasteiger partial charge in [-0.3, -0.25) is 4.79 Å². The minimum Gasteiger partial charge on any atom is -0.444 e. The maximum atomic E-state index is 14.0. The molecule has 0 bridgehead atoms. The summed E-state index contributed by atoms with van der Waals surface area (Å²) in [5, 5.41) is 2.41. The summed E-state index contributed by atoms with van der Waals surface area (Å²) in [5.74, 6) is -0.804. The highest BCUT2D eigenvalue weighted by molar-refractivity contribution is 7.89. The lowest BCUT2D eigenvalue weighted by Gasteiger charge is -2.35. The third-order valence-electron chi connectivity index (χ3n) is 6.46. The van der Waals surface area contributed by atoms with E-state index in [0.717, 1.165) is 12.1 Å². The molecule has 1 aliphatic heterocycles. The molecular formula is C27H34F3N3O5S. The number of aryl methyl sites for hydroxylation is 1. The number of hydrogen-bond donors (Lipinski definition) is 2. The predicted molar refractivity (Wildman–Crippen MR) is 141 cm³/mol. The first kappa shape index (κ1) is 30.4. The number of carbonyl (C=O) groups excluding carboxylic acids is 2. The number of anilines is 1. The molecule has 1 aliphatic rings. The SMILES string of the molecule is Cc1ccccc1C(=O)Nc1ccc(S(=O)(=O)N[C@H](C)C2CCN(C(=O)OC(C)(C)C)CC2)c(C(F)(F)F)c1. The zero-order valence-corrected chi connectivity index (χ0v) is 23.4. The topological polar surface area (TPSA) is 105 Å². The number of ether oxygens (including phenoxy) is 1. The Morgan fingerprint density at radius 1 is 1.05 bits per heavy atom. The van der Waals surface area contributed by atoms with Crippen molar-refractivity contribution in [1.29, 1.82) is 0 Å². The zero-order chi connectivity index (χ0) is 29.2. The number of nitrogens with zero attached hydrogens (tertiary/aromatic N) is 1. The van der Waals surface area contributed by atoms with E-state index in [1.165, 1.54) is 11.0 Å². The number of sulfonamides is 1. The van der Waals surface area contributed by atoms with E-state index in [0.29, 0.717) is 37.6 Å². The first-order valence-electron chi connectivity index (χ1n) is 12.6. The third kappa shape index (κ3) is 7.95. The Morgan fingerprint density at radius 3 is 2.23 bits per heavy atom. The number of halogens is 3. The molecule has 2 aromatic rings. The fraction of sp³-hybridized carbons (Fsp3) is 0.481. The monoisotopic (exact) mass is 569 g/mol. The van der Waals surface area contributed by atoms with Crippen LogP contribution in [0.1, 0.15) is 62.0 Å². The van der Waals surface area contributed by atoms with Crippen LogP contribution in [0, 0.1) is 12.8 Å². The van der Waals surface area contributed by atoms with Crippen LogP contribution in [0.4, 0.5) is 23.7 Å². The molecule has 2 amide bonds. The van der Waals surface area contributed by atoms with Crippen molar-refractivity contribution in [3.63, 3.8) is 0 Å². The lowest BCUT2D eigenvalue weighted by Crippen LogP contribution is -2.46. The Bertz CT molecular complexity index is 1310. The van der Waals surface area contributed by atoms with Crippen LogP contribution in [0.3, 0.4) is 0 Å². The van der Waals surface area contributed by atoms with E-state index in [2.05, 4.69) is 10.0 Å². The van der Waals surface area contributed by atoms with Crippen molar-refractivity contribution in [1.82, 2.24) is 9.62 Å². The molecule has 3 rings (SSSR count). The van der Waals surface area contributed by atoms with E-state index in [9.17, 15) is 31.2 Å². The van der Waals surface area contributed by atoms with E-state index < -0.39 is 50.3 Å². The molecule has 1 saturated heterocycles. The Kier molecular flexibility index (Phi) is 9.01. The zero-order valence-electron chi connectivity index (χ0n) is 22.6. The van der Waals surface area contributed by atoms with Crippen LogP contribution in [0.25, 0.3) is 0 Å². The van der Waals surface area contributed by atoms with Crippen LogP contribution < -0.4 is 10.0 Å². The van der Waals surface area contributed by atoms with E-state index in [1.807, 2.05) is 0 Å². The van der Waals surface area contributed by atoms with Crippen molar-refractivity contribution in [2.75, 3.05) is 18.4 Å². The van der Waals surface area contributed by atoms with Crippen molar-refractivity contribution < 1.29 is 35.9 Å². The molecule has 1 atom stereocenters. The Morgan fingerprint density at radius 2 is 1.67 bits per heavy atom. The average Bonchev–Trinajstić information content (AvgIpc) is 2.82. The van der Waals surface area contributed by atoms with Crippen LogP contribution in [0.15, 0.2) is 47.4 Å². The van der Waals surface area contributed by atoms with Gasteiger partial charge in [-0.2, -0.15) is 13.2 Å². The minimum absolute atomic E-state index is 0.183. The van der Waals surface area contributed by atoms with Crippen molar-refractivity contribution in [3.8, 4) is 0 Å². The third-order valence-corrected chi connectivity index (χ3v) is 8.08. The highest BCUT2D eigenvalue weighted by Gasteiger charge is 2.39. The molecule has 0 spiro atoms. The summed E-state index contributed by atoms with van der Waals surface area (Å²) in [6.45, 7) is 9.25. The number of likely N-dealkylation sites (tertiary alicyclic amines) is 1. The molecule has 0 unspecified atom stereocenters. The maximum absolute atomic E-state index is 14.0. The van der Waals surface area contributed by atoms with Gasteiger partial charge in [0, 0.05) is 30.4 Å². The molecular weight excluding hydrogens is 535 g/mol. The average molecular weight is 570 g/mol. The second-order valence-electron chi connectivity index (χ2n) is 10.7. The number of nitrogens with one attached hydrogen (secondary N) is 2. The van der Waals surface area contributed by atoms with Gasteiger partial charge in [-0.15, -0.1) is 0 Å². The minimum atomic E-state index is -4.99. The summed E-state index contributed by atoms with van der Waals surface area (Å²) in [6, 6.07) is 8.50.